The fourth-order valence-electron chi connectivity index (χ4n) is 1.71. The van der Waals surface area contributed by atoms with Crippen LogP contribution in [-0.2, 0) is 12.2 Å². The largest absolute Gasteiger partial charge is 0.425 e. The van der Waals surface area contributed by atoms with E-state index in [4.69, 9.17) is 4.42 Å². The van der Waals surface area contributed by atoms with Crippen molar-refractivity contribution in [3.8, 4) is 0 Å². The van der Waals surface area contributed by atoms with Crippen molar-refractivity contribution < 1.29 is 4.42 Å². The number of hydrogen-bond donors (Lipinski definition) is 0. The average molecular weight is 262 g/mol. The molecule has 0 aliphatic heterocycles. The van der Waals surface area contributed by atoms with Gasteiger partial charge in [0.1, 0.15) is 0 Å². The lowest BCUT2D eigenvalue weighted by Crippen LogP contribution is -1.99. The first-order valence-corrected chi connectivity index (χ1v) is 7.23. The minimum atomic E-state index is 0.595. The predicted octanol–water partition coefficient (Wildman–Crippen LogP) is 3.63. The Morgan fingerprint density at radius 2 is 2.00 bits per heavy atom. The maximum atomic E-state index is 5.35. The molecule has 0 saturated carbocycles. The average Bonchev–Trinajstić information content (AvgIpc) is 2.81. The van der Waals surface area contributed by atoms with E-state index in [0.29, 0.717) is 11.1 Å². The van der Waals surface area contributed by atoms with Gasteiger partial charge < -0.3 is 4.42 Å². The maximum absolute atomic E-state index is 5.35. The second-order valence-corrected chi connectivity index (χ2v) is 5.79. The first kappa shape index (κ1) is 13.1. The van der Waals surface area contributed by atoms with Gasteiger partial charge in [-0.2, -0.15) is 0 Å². The van der Waals surface area contributed by atoms with E-state index >= 15 is 0 Å². The van der Waals surface area contributed by atoms with Gasteiger partial charge >= 0.3 is 0 Å². The molecule has 2 rings (SSSR count). The molecule has 3 nitrogen and oxygen atoms in total. The molecule has 0 bridgehead atoms. The molecule has 1 aromatic carbocycles. The Labute approximate surface area is 112 Å². The third kappa shape index (κ3) is 4.18. The minimum absolute atomic E-state index is 0.595. The molecule has 0 radical (unpaired) electrons. The molecule has 18 heavy (non-hydrogen) atoms. The molecule has 0 saturated heterocycles. The summed E-state index contributed by atoms with van der Waals surface area (Å²) >= 11 is 1.87. The molecule has 0 aliphatic carbocycles. The highest BCUT2D eigenvalue weighted by molar-refractivity contribution is 7.99. The van der Waals surface area contributed by atoms with Gasteiger partial charge in [-0.25, -0.2) is 0 Å². The summed E-state index contributed by atoms with van der Waals surface area (Å²) in [4.78, 5) is 0. The Hall–Kier alpha value is -1.29. The molecule has 0 aliphatic rings. The van der Waals surface area contributed by atoms with Gasteiger partial charge in [0.05, 0.1) is 5.75 Å². The molecule has 4 heteroatoms. The Balaban J connectivity index is 1.71. The van der Waals surface area contributed by atoms with Gasteiger partial charge in [-0.1, -0.05) is 37.3 Å². The molecule has 1 atom stereocenters. The molecule has 0 N–H and O–H groups in total. The van der Waals surface area contributed by atoms with E-state index in [1.807, 2.05) is 18.7 Å². The number of aryl methyl sites for hydroxylation is 2. The normalized spacial score (nSPS) is 12.6. The number of benzene rings is 1. The summed E-state index contributed by atoms with van der Waals surface area (Å²) in [6.45, 7) is 4.07. The van der Waals surface area contributed by atoms with Crippen molar-refractivity contribution in [2.75, 3.05) is 0 Å². The predicted molar refractivity (Wildman–Crippen MR) is 74.6 cm³/mol. The molecule has 0 fully saturated rings. The van der Waals surface area contributed by atoms with Crippen LogP contribution in [0.3, 0.4) is 0 Å². The minimum Gasteiger partial charge on any atom is -0.425 e. The lowest BCUT2D eigenvalue weighted by Gasteiger charge is -2.09. The van der Waals surface area contributed by atoms with E-state index in [1.54, 1.807) is 0 Å². The van der Waals surface area contributed by atoms with Crippen molar-refractivity contribution >= 4 is 11.8 Å². The van der Waals surface area contributed by atoms with Gasteiger partial charge in [-0.15, -0.1) is 22.0 Å². The zero-order valence-corrected chi connectivity index (χ0v) is 11.6. The zero-order valence-electron chi connectivity index (χ0n) is 10.8. The quantitative estimate of drug-likeness (QED) is 0.797. The molecular weight excluding hydrogens is 244 g/mol. The van der Waals surface area contributed by atoms with Crippen LogP contribution in [0.1, 0.15) is 30.7 Å². The van der Waals surface area contributed by atoms with E-state index in [2.05, 4.69) is 47.5 Å². The Bertz CT molecular complexity index is 470. The van der Waals surface area contributed by atoms with Crippen LogP contribution in [0.25, 0.3) is 0 Å². The van der Waals surface area contributed by atoms with Crippen LogP contribution in [0, 0.1) is 6.92 Å². The molecule has 0 amide bonds. The first-order valence-electron chi connectivity index (χ1n) is 6.18. The number of rotatable bonds is 6. The van der Waals surface area contributed by atoms with Crippen molar-refractivity contribution in [1.82, 2.24) is 10.2 Å². The summed E-state index contributed by atoms with van der Waals surface area (Å²) in [6, 6.07) is 10.6. The van der Waals surface area contributed by atoms with E-state index in [-0.39, 0.29) is 0 Å². The zero-order chi connectivity index (χ0) is 12.8. The monoisotopic (exact) mass is 262 g/mol. The van der Waals surface area contributed by atoms with E-state index in [0.717, 1.165) is 18.1 Å². The van der Waals surface area contributed by atoms with Crippen LogP contribution in [0.5, 0.6) is 0 Å². The second kappa shape index (κ2) is 6.59. The molecular formula is C14H18N2OS. The van der Waals surface area contributed by atoms with Crippen molar-refractivity contribution in [2.24, 2.45) is 0 Å². The molecule has 1 heterocycles. The summed E-state index contributed by atoms with van der Waals surface area (Å²) in [5.41, 5.74) is 1.40. The highest BCUT2D eigenvalue weighted by atomic mass is 32.2. The SMILES string of the molecule is Cc1nnc(CS[C@@H](C)CCc2ccccc2)o1. The summed E-state index contributed by atoms with van der Waals surface area (Å²) in [5.74, 6) is 2.17. The Morgan fingerprint density at radius 3 is 2.67 bits per heavy atom. The lowest BCUT2D eigenvalue weighted by atomic mass is 10.1. The maximum Gasteiger partial charge on any atom is 0.226 e. The fraction of sp³-hybridized carbons (Fsp3) is 0.429. The summed E-state index contributed by atoms with van der Waals surface area (Å²) < 4.78 is 5.35. The molecule has 1 aromatic heterocycles. The highest BCUT2D eigenvalue weighted by Gasteiger charge is 2.07. The van der Waals surface area contributed by atoms with Gasteiger partial charge in [0.25, 0.3) is 0 Å². The fourth-order valence-corrected chi connectivity index (χ4v) is 2.54. The topological polar surface area (TPSA) is 38.9 Å². The van der Waals surface area contributed by atoms with E-state index in [1.165, 1.54) is 12.0 Å². The van der Waals surface area contributed by atoms with Crippen LogP contribution >= 0.6 is 11.8 Å². The van der Waals surface area contributed by atoms with Crippen LogP contribution in [0.4, 0.5) is 0 Å². The summed E-state index contributed by atoms with van der Waals surface area (Å²) in [6.07, 6.45) is 2.29. The lowest BCUT2D eigenvalue weighted by molar-refractivity contribution is 0.485. The van der Waals surface area contributed by atoms with Gasteiger partial charge in [-0.3, -0.25) is 0 Å². The van der Waals surface area contributed by atoms with Crippen LogP contribution < -0.4 is 0 Å². The summed E-state index contributed by atoms with van der Waals surface area (Å²) in [7, 11) is 0. The Morgan fingerprint density at radius 1 is 1.22 bits per heavy atom. The smallest absolute Gasteiger partial charge is 0.226 e. The number of nitrogens with zero attached hydrogens (tertiary/aromatic N) is 2. The Kier molecular flexibility index (Phi) is 4.81. The molecule has 96 valence electrons. The standard InChI is InChI=1S/C14H18N2OS/c1-11(8-9-13-6-4-3-5-7-13)18-10-14-16-15-12(2)17-14/h3-7,11H,8-10H2,1-2H3/t11-/m0/s1. The van der Waals surface area contributed by atoms with E-state index < -0.39 is 0 Å². The van der Waals surface area contributed by atoms with Crippen molar-refractivity contribution in [3.05, 3.63) is 47.7 Å². The molecule has 0 unspecified atom stereocenters. The molecule has 0 spiro atoms. The van der Waals surface area contributed by atoms with Crippen molar-refractivity contribution in [1.29, 1.82) is 0 Å². The van der Waals surface area contributed by atoms with Crippen LogP contribution in [-0.4, -0.2) is 15.4 Å². The third-order valence-electron chi connectivity index (χ3n) is 2.74. The summed E-state index contributed by atoms with van der Waals surface area (Å²) in [5, 5.41) is 8.42. The number of hydrogen-bond acceptors (Lipinski definition) is 4. The third-order valence-corrected chi connectivity index (χ3v) is 3.96. The van der Waals surface area contributed by atoms with Gasteiger partial charge in [0.2, 0.25) is 11.8 Å². The van der Waals surface area contributed by atoms with Crippen molar-refractivity contribution in [3.63, 3.8) is 0 Å². The van der Waals surface area contributed by atoms with Gasteiger partial charge in [-0.05, 0) is 18.4 Å². The van der Waals surface area contributed by atoms with Crippen LogP contribution in [0.2, 0.25) is 0 Å². The second-order valence-electron chi connectivity index (χ2n) is 4.36. The van der Waals surface area contributed by atoms with Crippen LogP contribution in [0.15, 0.2) is 34.7 Å². The van der Waals surface area contributed by atoms with Gasteiger partial charge in [0, 0.05) is 12.2 Å². The highest BCUT2D eigenvalue weighted by Crippen LogP contribution is 2.20. The van der Waals surface area contributed by atoms with Gasteiger partial charge in [0.15, 0.2) is 0 Å². The van der Waals surface area contributed by atoms with E-state index in [9.17, 15) is 0 Å². The number of aromatic nitrogens is 2. The first-order chi connectivity index (χ1) is 8.74. The molecule has 2 aromatic rings. The number of thioether (sulfide) groups is 1. The van der Waals surface area contributed by atoms with Crippen molar-refractivity contribution in [2.45, 2.75) is 37.7 Å².